The molecule has 36 heavy (non-hydrogen) atoms. The Kier molecular flexibility index (Phi) is 9.48. The smallest absolute Gasteiger partial charge is 0.307 e. The third-order valence-electron chi connectivity index (χ3n) is 7.36. The maximum absolute atomic E-state index is 12.2. The molecule has 3 aromatic heterocycles. The molecule has 1 aliphatic carbocycles. The van der Waals surface area contributed by atoms with Crippen LogP contribution in [0, 0.1) is 17.2 Å². The van der Waals surface area contributed by atoms with E-state index in [4.69, 9.17) is 4.74 Å². The highest BCUT2D eigenvalue weighted by Gasteiger charge is 2.27. The van der Waals surface area contributed by atoms with Crippen molar-refractivity contribution in [2.24, 2.45) is 5.92 Å². The summed E-state index contributed by atoms with van der Waals surface area (Å²) in [6.45, 7) is 2.36. The number of ether oxygens (including phenoxy) is 1. The van der Waals surface area contributed by atoms with E-state index in [9.17, 15) is 10.1 Å². The second-order valence-corrected chi connectivity index (χ2v) is 9.94. The molecule has 0 aromatic carbocycles. The van der Waals surface area contributed by atoms with Crippen LogP contribution in [0.4, 0.5) is 0 Å². The minimum absolute atomic E-state index is 0.101. The Hall–Kier alpha value is -3.21. The number of nitriles is 1. The molecule has 8 nitrogen and oxygen atoms in total. The van der Waals surface area contributed by atoms with Gasteiger partial charge in [-0.15, -0.1) is 0 Å². The first-order valence-electron chi connectivity index (χ1n) is 13.6. The molecule has 3 aromatic rings. The highest BCUT2D eigenvalue weighted by atomic mass is 16.5. The number of carbonyl (C=O) groups excluding carboxylic acids is 1. The summed E-state index contributed by atoms with van der Waals surface area (Å²) in [7, 11) is 0. The van der Waals surface area contributed by atoms with Crippen LogP contribution in [0.1, 0.15) is 96.4 Å². The summed E-state index contributed by atoms with van der Waals surface area (Å²) >= 11 is 0. The van der Waals surface area contributed by atoms with Crippen molar-refractivity contribution < 1.29 is 9.53 Å². The molecule has 4 rings (SSSR count). The topological polar surface area (TPSA) is 98.6 Å². The zero-order valence-electron chi connectivity index (χ0n) is 21.4. The Morgan fingerprint density at radius 1 is 1.17 bits per heavy atom. The maximum Gasteiger partial charge on any atom is 0.307 e. The number of esters is 1. The summed E-state index contributed by atoms with van der Waals surface area (Å²) in [5.41, 5.74) is 2.42. The first-order valence-corrected chi connectivity index (χ1v) is 13.6. The summed E-state index contributed by atoms with van der Waals surface area (Å²) in [6, 6.07) is 4.40. The van der Waals surface area contributed by atoms with Crippen LogP contribution in [0.2, 0.25) is 0 Å². The molecule has 0 bridgehead atoms. The van der Waals surface area contributed by atoms with Gasteiger partial charge in [0.15, 0.2) is 6.73 Å². The third-order valence-corrected chi connectivity index (χ3v) is 7.36. The fourth-order valence-corrected chi connectivity index (χ4v) is 5.33. The van der Waals surface area contributed by atoms with E-state index >= 15 is 0 Å². The lowest BCUT2D eigenvalue weighted by atomic mass is 9.96. The molecule has 0 amide bonds. The normalized spacial score (nSPS) is 14.8. The number of unbranched alkanes of at least 4 members (excludes halogenated alkanes) is 6. The molecule has 1 atom stereocenters. The van der Waals surface area contributed by atoms with E-state index < -0.39 is 0 Å². The van der Waals surface area contributed by atoms with Crippen molar-refractivity contribution in [3.8, 4) is 17.3 Å². The molecule has 3 heterocycles. The summed E-state index contributed by atoms with van der Waals surface area (Å²) in [5.74, 6) is 0.330. The zero-order chi connectivity index (χ0) is 25.2. The predicted molar refractivity (Wildman–Crippen MR) is 139 cm³/mol. The quantitative estimate of drug-likeness (QED) is 0.187. The number of aromatic nitrogens is 5. The van der Waals surface area contributed by atoms with Crippen molar-refractivity contribution in [2.45, 2.75) is 103 Å². The van der Waals surface area contributed by atoms with Gasteiger partial charge in [0, 0.05) is 29.8 Å². The largest absolute Gasteiger partial charge is 0.444 e. The SMILES string of the molecule is CCCCCCCCCC(=O)OCn1ccc2c(-c3cnn([C@H](CC#N)C4CCCC4)c3)ncnc21. The second-order valence-electron chi connectivity index (χ2n) is 9.94. The minimum atomic E-state index is -0.170. The summed E-state index contributed by atoms with van der Waals surface area (Å²) < 4.78 is 9.31. The molecular formula is C28H38N6O2. The molecule has 1 saturated carbocycles. The maximum atomic E-state index is 12.2. The van der Waals surface area contributed by atoms with Gasteiger partial charge in [0.05, 0.1) is 30.4 Å². The number of nitrogens with zero attached hydrogens (tertiary/aromatic N) is 6. The van der Waals surface area contributed by atoms with Gasteiger partial charge >= 0.3 is 5.97 Å². The van der Waals surface area contributed by atoms with Gasteiger partial charge in [-0.1, -0.05) is 58.3 Å². The molecule has 1 aliphatic rings. The lowest BCUT2D eigenvalue weighted by Crippen LogP contribution is -2.17. The lowest BCUT2D eigenvalue weighted by Gasteiger charge is -2.21. The van der Waals surface area contributed by atoms with E-state index in [-0.39, 0.29) is 18.7 Å². The first-order chi connectivity index (χ1) is 17.7. The van der Waals surface area contributed by atoms with Crippen molar-refractivity contribution in [1.82, 2.24) is 24.3 Å². The third kappa shape index (κ3) is 6.51. The predicted octanol–water partition coefficient (Wildman–Crippen LogP) is 6.58. The average Bonchev–Trinajstić information content (AvgIpc) is 3.67. The number of rotatable bonds is 14. The minimum Gasteiger partial charge on any atom is -0.444 e. The van der Waals surface area contributed by atoms with Crippen LogP contribution < -0.4 is 0 Å². The second kappa shape index (κ2) is 13.2. The van der Waals surface area contributed by atoms with Gasteiger partial charge in [0.2, 0.25) is 0 Å². The highest BCUT2D eigenvalue weighted by molar-refractivity contribution is 5.90. The van der Waals surface area contributed by atoms with E-state index in [1.165, 1.54) is 51.3 Å². The van der Waals surface area contributed by atoms with Gasteiger partial charge in [-0.05, 0) is 31.2 Å². The molecular weight excluding hydrogens is 452 g/mol. The van der Waals surface area contributed by atoms with Gasteiger partial charge in [0.1, 0.15) is 12.0 Å². The van der Waals surface area contributed by atoms with Crippen LogP contribution in [-0.4, -0.2) is 30.3 Å². The van der Waals surface area contributed by atoms with Gasteiger partial charge in [-0.25, -0.2) is 9.97 Å². The molecule has 0 saturated heterocycles. The van der Waals surface area contributed by atoms with Crippen LogP contribution in [0.5, 0.6) is 0 Å². The van der Waals surface area contributed by atoms with Crippen LogP contribution in [0.15, 0.2) is 31.0 Å². The average molecular weight is 491 g/mol. The van der Waals surface area contributed by atoms with Crippen LogP contribution >= 0.6 is 0 Å². The van der Waals surface area contributed by atoms with Crippen LogP contribution in [0.3, 0.4) is 0 Å². The van der Waals surface area contributed by atoms with Crippen molar-refractivity contribution in [1.29, 1.82) is 5.26 Å². The van der Waals surface area contributed by atoms with Gasteiger partial charge in [-0.2, -0.15) is 10.4 Å². The molecule has 192 valence electrons. The van der Waals surface area contributed by atoms with Crippen molar-refractivity contribution in [2.75, 3.05) is 0 Å². The number of hydrogen-bond acceptors (Lipinski definition) is 6. The van der Waals surface area contributed by atoms with Crippen LogP contribution in [0.25, 0.3) is 22.3 Å². The van der Waals surface area contributed by atoms with E-state index in [0.717, 1.165) is 48.0 Å². The molecule has 0 unspecified atom stereocenters. The molecule has 8 heteroatoms. The van der Waals surface area contributed by atoms with Crippen LogP contribution in [-0.2, 0) is 16.3 Å². The summed E-state index contributed by atoms with van der Waals surface area (Å²) in [6.07, 6.45) is 21.1. The number of hydrogen-bond donors (Lipinski definition) is 0. The molecule has 1 fully saturated rings. The first kappa shape index (κ1) is 25.9. The van der Waals surface area contributed by atoms with E-state index in [2.05, 4.69) is 28.1 Å². The lowest BCUT2D eigenvalue weighted by molar-refractivity contribution is -0.147. The molecule has 0 aliphatic heterocycles. The molecule has 0 radical (unpaired) electrons. The van der Waals surface area contributed by atoms with Crippen molar-refractivity contribution >= 4 is 17.0 Å². The fraction of sp³-hybridized carbons (Fsp3) is 0.607. The zero-order valence-corrected chi connectivity index (χ0v) is 21.4. The van der Waals surface area contributed by atoms with Crippen molar-refractivity contribution in [3.63, 3.8) is 0 Å². The summed E-state index contributed by atoms with van der Waals surface area (Å²) in [5, 5.41) is 14.9. The Balaban J connectivity index is 1.36. The summed E-state index contributed by atoms with van der Waals surface area (Å²) in [4.78, 5) is 21.2. The van der Waals surface area contributed by atoms with E-state index in [1.54, 1.807) is 0 Å². The number of fused-ring (bicyclic) bond motifs is 1. The molecule has 0 N–H and O–H groups in total. The van der Waals surface area contributed by atoms with E-state index in [1.807, 2.05) is 33.9 Å². The standard InChI is InChI=1S/C28H38N6O2/c1-2-3-4-5-6-7-8-13-26(35)36-21-33-17-15-24-27(30-20-31-28(24)33)23-18-32-34(19-23)25(14-16-29)22-11-9-10-12-22/h15,17-20,22,25H,2-14,21H2,1H3/t25-/m1/s1. The fourth-order valence-electron chi connectivity index (χ4n) is 5.33. The monoisotopic (exact) mass is 490 g/mol. The number of carbonyl (C=O) groups is 1. The van der Waals surface area contributed by atoms with Gasteiger partial charge in [0.25, 0.3) is 0 Å². The molecule has 0 spiro atoms. The Labute approximate surface area is 213 Å². The van der Waals surface area contributed by atoms with Gasteiger partial charge < -0.3 is 4.74 Å². The van der Waals surface area contributed by atoms with Crippen molar-refractivity contribution in [3.05, 3.63) is 31.0 Å². The Morgan fingerprint density at radius 2 is 1.94 bits per heavy atom. The van der Waals surface area contributed by atoms with Gasteiger partial charge in [-0.3, -0.25) is 14.0 Å². The Morgan fingerprint density at radius 3 is 2.72 bits per heavy atom. The van der Waals surface area contributed by atoms with E-state index in [0.29, 0.717) is 18.8 Å². The Bertz CT molecular complexity index is 1150. The highest BCUT2D eigenvalue weighted by Crippen LogP contribution is 2.36.